The maximum Gasteiger partial charge on any atom is 0.409 e. The molecule has 12 nitrogen and oxygen atoms in total. The van der Waals surface area contributed by atoms with E-state index in [1.54, 1.807) is 24.3 Å². The lowest BCUT2D eigenvalue weighted by atomic mass is 9.95. The molecule has 36 heavy (non-hydrogen) atoms. The third-order valence-corrected chi connectivity index (χ3v) is 5.97. The van der Waals surface area contributed by atoms with Gasteiger partial charge in [-0.1, -0.05) is 19.3 Å². The second-order valence-electron chi connectivity index (χ2n) is 8.32. The molecule has 3 heterocycles. The van der Waals surface area contributed by atoms with E-state index in [2.05, 4.69) is 20.6 Å². The minimum Gasteiger partial charge on any atom is -0.481 e. The number of hydrogen-bond acceptors (Lipinski definition) is 9. The number of nitrogens with zero attached hydrogens (tertiary/aromatic N) is 3. The van der Waals surface area contributed by atoms with Gasteiger partial charge >= 0.3 is 6.09 Å². The van der Waals surface area contributed by atoms with Gasteiger partial charge < -0.3 is 24.6 Å². The van der Waals surface area contributed by atoms with Gasteiger partial charge in [-0.2, -0.15) is 0 Å². The molecule has 3 N–H and O–H groups in total. The molecule has 0 saturated heterocycles. The van der Waals surface area contributed by atoms with Crippen LogP contribution in [-0.4, -0.2) is 46.0 Å². The van der Waals surface area contributed by atoms with Crippen molar-refractivity contribution in [2.45, 2.75) is 44.7 Å². The third-order valence-electron chi connectivity index (χ3n) is 5.97. The SMILES string of the molecule is COc1ccc2nccc(NC(=O)O)c2n1.O=[N+]([O-])c1cc2c(cc1CNC1CCCCC1)OCO2. The normalized spacial score (nSPS) is 14.6. The van der Waals surface area contributed by atoms with Gasteiger partial charge in [-0.05, 0) is 31.0 Å². The molecule has 3 aromatic rings. The van der Waals surface area contributed by atoms with Crippen molar-refractivity contribution in [3.63, 3.8) is 0 Å². The first kappa shape index (κ1) is 24.9. The summed E-state index contributed by atoms with van der Waals surface area (Å²) in [5, 5.41) is 25.5. The number of nitrogens with one attached hydrogen (secondary N) is 2. The van der Waals surface area contributed by atoms with Gasteiger partial charge in [0.15, 0.2) is 11.5 Å². The number of ether oxygens (including phenoxy) is 3. The lowest BCUT2D eigenvalue weighted by Crippen LogP contribution is -2.30. The number of nitro groups is 1. The number of fused-ring (bicyclic) bond motifs is 2. The van der Waals surface area contributed by atoms with E-state index in [0.29, 0.717) is 52.2 Å². The molecule has 0 radical (unpaired) electrons. The van der Waals surface area contributed by atoms with Crippen molar-refractivity contribution in [3.05, 3.63) is 52.2 Å². The standard InChI is InChI=1S/C14H18N2O4.C10H9N3O3/c17-16(18)12-7-14-13(19-9-20-14)6-10(12)8-15-11-4-2-1-3-5-11;1-16-8-3-2-6-9(13-8)7(4-5-11-6)12-10(14)15/h6-7,11,15H,1-5,8-9H2;2-5H,1H3,(H,11,12)(H,14,15). The van der Waals surface area contributed by atoms with Crippen LogP contribution in [0.3, 0.4) is 0 Å². The van der Waals surface area contributed by atoms with E-state index in [9.17, 15) is 14.9 Å². The number of carbonyl (C=O) groups is 1. The third kappa shape index (κ3) is 6.08. The van der Waals surface area contributed by atoms with Crippen LogP contribution in [0.4, 0.5) is 16.2 Å². The number of amides is 1. The van der Waals surface area contributed by atoms with Gasteiger partial charge in [0, 0.05) is 30.4 Å². The van der Waals surface area contributed by atoms with Crippen LogP contribution < -0.4 is 24.8 Å². The highest BCUT2D eigenvalue weighted by atomic mass is 16.7. The Hall–Kier alpha value is -4.19. The van der Waals surface area contributed by atoms with Gasteiger partial charge in [-0.3, -0.25) is 20.4 Å². The van der Waals surface area contributed by atoms with Crippen LogP contribution in [0.15, 0.2) is 36.5 Å². The quantitative estimate of drug-likeness (QED) is 0.327. The average molecular weight is 498 g/mol. The zero-order chi connectivity index (χ0) is 25.5. The number of anilines is 1. The first-order chi connectivity index (χ1) is 17.4. The fourth-order valence-electron chi connectivity index (χ4n) is 4.18. The molecular weight excluding hydrogens is 470 g/mol. The van der Waals surface area contributed by atoms with Crippen molar-refractivity contribution in [1.82, 2.24) is 15.3 Å². The lowest BCUT2D eigenvalue weighted by Gasteiger charge is -2.22. The summed E-state index contributed by atoms with van der Waals surface area (Å²) >= 11 is 0. The molecule has 2 aromatic heterocycles. The number of nitro benzene ring substituents is 1. The molecule has 12 heteroatoms. The fraction of sp³-hybridized carbons (Fsp3) is 0.375. The Kier molecular flexibility index (Phi) is 7.95. The summed E-state index contributed by atoms with van der Waals surface area (Å²) in [7, 11) is 1.49. The summed E-state index contributed by atoms with van der Waals surface area (Å²) in [6.45, 7) is 0.629. The molecule has 0 spiro atoms. The van der Waals surface area contributed by atoms with Gasteiger partial charge in [-0.15, -0.1) is 0 Å². The molecule has 1 saturated carbocycles. The van der Waals surface area contributed by atoms with Crippen LogP contribution in [0.2, 0.25) is 0 Å². The van der Waals surface area contributed by atoms with E-state index in [1.807, 2.05) is 0 Å². The van der Waals surface area contributed by atoms with Crippen molar-refractivity contribution in [1.29, 1.82) is 0 Å². The van der Waals surface area contributed by atoms with Crippen LogP contribution >= 0.6 is 0 Å². The van der Waals surface area contributed by atoms with Crippen molar-refractivity contribution in [2.24, 2.45) is 0 Å². The highest BCUT2D eigenvalue weighted by Crippen LogP contribution is 2.38. The van der Waals surface area contributed by atoms with Crippen LogP contribution in [-0.2, 0) is 6.54 Å². The van der Waals surface area contributed by atoms with E-state index in [-0.39, 0.29) is 17.4 Å². The van der Waals surface area contributed by atoms with Gasteiger partial charge in [0.05, 0.1) is 29.3 Å². The smallest absolute Gasteiger partial charge is 0.409 e. The maximum absolute atomic E-state index is 11.2. The highest BCUT2D eigenvalue weighted by molar-refractivity contribution is 5.95. The molecule has 190 valence electrons. The Balaban J connectivity index is 0.000000174. The molecule has 0 atom stereocenters. The molecule has 0 bridgehead atoms. The number of hydrogen-bond donors (Lipinski definition) is 3. The van der Waals surface area contributed by atoms with Gasteiger partial charge in [0.1, 0.15) is 5.52 Å². The van der Waals surface area contributed by atoms with E-state index in [0.717, 1.165) is 12.8 Å². The molecule has 0 unspecified atom stereocenters. The number of benzene rings is 1. The first-order valence-electron chi connectivity index (χ1n) is 11.5. The zero-order valence-electron chi connectivity index (χ0n) is 19.7. The number of aromatic nitrogens is 2. The van der Waals surface area contributed by atoms with Crippen molar-refractivity contribution >= 4 is 28.5 Å². The minimum absolute atomic E-state index is 0.0950. The number of methoxy groups -OCH3 is 1. The zero-order valence-corrected chi connectivity index (χ0v) is 19.7. The molecule has 1 aliphatic carbocycles. The second-order valence-corrected chi connectivity index (χ2v) is 8.32. The van der Waals surface area contributed by atoms with Crippen LogP contribution in [0.1, 0.15) is 37.7 Å². The summed E-state index contributed by atoms with van der Waals surface area (Å²) in [6.07, 6.45) is 6.44. The molecule has 5 rings (SSSR count). The van der Waals surface area contributed by atoms with E-state index in [1.165, 1.54) is 38.6 Å². The van der Waals surface area contributed by atoms with Gasteiger partial charge in [0.25, 0.3) is 5.69 Å². The molecule has 2 aliphatic rings. The predicted octanol–water partition coefficient (Wildman–Crippen LogP) is 4.47. The molecular formula is C24H27N5O7. The number of carboxylic acid groups (broad SMARTS) is 1. The Morgan fingerprint density at radius 3 is 2.64 bits per heavy atom. The Bertz CT molecular complexity index is 1250. The topological polar surface area (TPSA) is 158 Å². The highest BCUT2D eigenvalue weighted by Gasteiger charge is 2.24. The number of pyridine rings is 2. The van der Waals surface area contributed by atoms with E-state index in [4.69, 9.17) is 19.3 Å². The summed E-state index contributed by atoms with van der Waals surface area (Å²) in [5.74, 6) is 1.46. The monoisotopic (exact) mass is 497 g/mol. The van der Waals surface area contributed by atoms with Crippen molar-refractivity contribution in [2.75, 3.05) is 19.2 Å². The van der Waals surface area contributed by atoms with Gasteiger partial charge in [0.2, 0.25) is 12.7 Å². The minimum atomic E-state index is -1.14. The number of rotatable bonds is 6. The summed E-state index contributed by atoms with van der Waals surface area (Å²) in [6, 6.07) is 8.57. The first-order valence-corrected chi connectivity index (χ1v) is 11.5. The van der Waals surface area contributed by atoms with Crippen molar-refractivity contribution in [3.8, 4) is 17.4 Å². The Morgan fingerprint density at radius 2 is 1.94 bits per heavy atom. The second kappa shape index (κ2) is 11.5. The van der Waals surface area contributed by atoms with E-state index >= 15 is 0 Å². The molecule has 1 amide bonds. The maximum atomic E-state index is 11.2. The summed E-state index contributed by atoms with van der Waals surface area (Å²) in [5.41, 5.74) is 2.20. The lowest BCUT2D eigenvalue weighted by molar-refractivity contribution is -0.385. The summed E-state index contributed by atoms with van der Waals surface area (Å²) < 4.78 is 15.5. The Morgan fingerprint density at radius 1 is 1.19 bits per heavy atom. The van der Waals surface area contributed by atoms with Crippen LogP contribution in [0, 0.1) is 10.1 Å². The molecule has 1 fully saturated rings. The average Bonchev–Trinajstić information content (AvgIpc) is 3.35. The molecule has 1 aliphatic heterocycles. The largest absolute Gasteiger partial charge is 0.481 e. The Labute approximate surface area is 206 Å². The van der Waals surface area contributed by atoms with Gasteiger partial charge in [-0.25, -0.2) is 9.78 Å². The predicted molar refractivity (Wildman–Crippen MR) is 131 cm³/mol. The van der Waals surface area contributed by atoms with Crippen molar-refractivity contribution < 1.29 is 29.0 Å². The van der Waals surface area contributed by atoms with Crippen LogP contribution in [0.25, 0.3) is 11.0 Å². The fourth-order valence-corrected chi connectivity index (χ4v) is 4.18. The van der Waals surface area contributed by atoms with Crippen LogP contribution in [0.5, 0.6) is 17.4 Å². The van der Waals surface area contributed by atoms with E-state index < -0.39 is 6.09 Å². The molecule has 1 aromatic carbocycles. The summed E-state index contributed by atoms with van der Waals surface area (Å²) in [4.78, 5) is 29.6.